The minimum absolute atomic E-state index is 0.321. The van der Waals surface area contributed by atoms with E-state index in [-0.39, 0.29) is 0 Å². The van der Waals surface area contributed by atoms with Gasteiger partial charge in [-0.3, -0.25) is 0 Å². The van der Waals surface area contributed by atoms with E-state index in [0.29, 0.717) is 24.2 Å². The minimum Gasteiger partial charge on any atom is -0.385 e. The van der Waals surface area contributed by atoms with Gasteiger partial charge in [-0.15, -0.1) is 0 Å². The molecule has 0 saturated heterocycles. The number of rotatable bonds is 4. The van der Waals surface area contributed by atoms with Gasteiger partial charge < -0.3 is 5.32 Å². The molecule has 3 nitrogen and oxygen atoms in total. The van der Waals surface area contributed by atoms with Crippen LogP contribution in [0, 0.1) is 23.0 Å². The lowest BCUT2D eigenvalue weighted by atomic mass is 10.1. The molecule has 96 valence electrons. The molecule has 1 heterocycles. The van der Waals surface area contributed by atoms with E-state index in [1.807, 2.05) is 6.07 Å². The van der Waals surface area contributed by atoms with Crippen LogP contribution in [0.4, 0.5) is 14.5 Å². The molecule has 0 saturated carbocycles. The van der Waals surface area contributed by atoms with Gasteiger partial charge in [0.2, 0.25) is 0 Å². The Morgan fingerprint density at radius 1 is 1.16 bits per heavy atom. The van der Waals surface area contributed by atoms with Gasteiger partial charge in [-0.05, 0) is 36.2 Å². The van der Waals surface area contributed by atoms with E-state index in [2.05, 4.69) is 10.3 Å². The van der Waals surface area contributed by atoms with Crippen molar-refractivity contribution in [2.24, 2.45) is 0 Å². The molecular weight excluding hydrogens is 248 g/mol. The predicted octanol–water partition coefficient (Wildman–Crippen LogP) is 2.89. The van der Waals surface area contributed by atoms with Crippen molar-refractivity contribution in [3.05, 3.63) is 59.4 Å². The van der Waals surface area contributed by atoms with E-state index >= 15 is 0 Å². The van der Waals surface area contributed by atoms with Gasteiger partial charge in [0, 0.05) is 24.5 Å². The Kier molecular flexibility index (Phi) is 4.04. The van der Waals surface area contributed by atoms with Crippen LogP contribution in [0.5, 0.6) is 0 Å². The van der Waals surface area contributed by atoms with Crippen molar-refractivity contribution in [1.29, 1.82) is 5.26 Å². The summed E-state index contributed by atoms with van der Waals surface area (Å²) in [6, 6.07) is 8.74. The van der Waals surface area contributed by atoms with Gasteiger partial charge >= 0.3 is 0 Å². The van der Waals surface area contributed by atoms with Crippen LogP contribution in [0.15, 0.2) is 36.5 Å². The molecule has 0 atom stereocenters. The van der Waals surface area contributed by atoms with Crippen LogP contribution in [0.2, 0.25) is 0 Å². The zero-order chi connectivity index (χ0) is 13.7. The highest BCUT2D eigenvalue weighted by molar-refractivity contribution is 5.45. The molecule has 0 radical (unpaired) electrons. The molecule has 1 aromatic heterocycles. The number of nitrogens with one attached hydrogen (secondary N) is 1. The maximum absolute atomic E-state index is 13.0. The first-order valence-electron chi connectivity index (χ1n) is 5.72. The molecule has 0 aliphatic rings. The zero-order valence-electron chi connectivity index (χ0n) is 10.0. The van der Waals surface area contributed by atoms with Crippen LogP contribution in [0.1, 0.15) is 11.3 Å². The van der Waals surface area contributed by atoms with Crippen LogP contribution in [0.25, 0.3) is 0 Å². The van der Waals surface area contributed by atoms with Crippen molar-refractivity contribution in [2.45, 2.75) is 6.42 Å². The topological polar surface area (TPSA) is 48.7 Å². The summed E-state index contributed by atoms with van der Waals surface area (Å²) >= 11 is 0. The lowest BCUT2D eigenvalue weighted by molar-refractivity contribution is 0.580. The highest BCUT2D eigenvalue weighted by Gasteiger charge is 2.01. The number of nitrogens with zero attached hydrogens (tertiary/aromatic N) is 2. The largest absolute Gasteiger partial charge is 0.385 e. The van der Waals surface area contributed by atoms with E-state index in [0.717, 1.165) is 11.8 Å². The van der Waals surface area contributed by atoms with Crippen molar-refractivity contribution in [1.82, 2.24) is 4.98 Å². The Labute approximate surface area is 109 Å². The van der Waals surface area contributed by atoms with E-state index in [4.69, 9.17) is 5.26 Å². The number of pyridine rings is 1. The molecule has 5 heteroatoms. The molecule has 0 aliphatic carbocycles. The smallest absolute Gasteiger partial charge is 0.142 e. The van der Waals surface area contributed by atoms with Crippen molar-refractivity contribution >= 4 is 5.69 Å². The lowest BCUT2D eigenvalue weighted by Gasteiger charge is -2.06. The third-order valence-corrected chi connectivity index (χ3v) is 2.54. The first kappa shape index (κ1) is 13.0. The first-order chi connectivity index (χ1) is 9.17. The number of hydrogen-bond acceptors (Lipinski definition) is 3. The molecule has 1 N–H and O–H groups in total. The first-order valence-corrected chi connectivity index (χ1v) is 5.72. The van der Waals surface area contributed by atoms with Crippen LogP contribution in [0.3, 0.4) is 0 Å². The average Bonchev–Trinajstić information content (AvgIpc) is 2.38. The van der Waals surface area contributed by atoms with Gasteiger partial charge in [0.15, 0.2) is 0 Å². The van der Waals surface area contributed by atoms with Gasteiger partial charge in [0.25, 0.3) is 0 Å². The number of hydrogen-bond donors (Lipinski definition) is 1. The fourth-order valence-electron chi connectivity index (χ4n) is 1.71. The maximum atomic E-state index is 13.0. The number of nitriles is 1. The Hall–Kier alpha value is -2.48. The fourth-order valence-corrected chi connectivity index (χ4v) is 1.71. The summed E-state index contributed by atoms with van der Waals surface area (Å²) in [6.07, 6.45) is 2.02. The highest BCUT2D eigenvalue weighted by Crippen LogP contribution is 2.10. The van der Waals surface area contributed by atoms with E-state index in [1.165, 1.54) is 18.3 Å². The normalized spacial score (nSPS) is 9.95. The summed E-state index contributed by atoms with van der Waals surface area (Å²) in [6.45, 7) is 0.512. The van der Waals surface area contributed by atoms with Gasteiger partial charge in [-0.1, -0.05) is 0 Å². The van der Waals surface area contributed by atoms with Crippen LogP contribution in [-0.2, 0) is 6.42 Å². The monoisotopic (exact) mass is 259 g/mol. The molecule has 0 amide bonds. The third-order valence-electron chi connectivity index (χ3n) is 2.54. The second kappa shape index (κ2) is 5.91. The number of aromatic nitrogens is 1. The molecule has 0 bridgehead atoms. The van der Waals surface area contributed by atoms with Crippen LogP contribution < -0.4 is 5.32 Å². The Bertz CT molecular complexity index is 600. The number of benzene rings is 1. The summed E-state index contributed by atoms with van der Waals surface area (Å²) < 4.78 is 25.9. The standard InChI is InChI=1S/C14H11F2N3/c15-11-5-10(6-12(16)7-11)1-3-18-13-2-4-19-14(8-13)9-17/h2,4-8H,1,3H2,(H,18,19). The molecular formula is C14H11F2N3. The lowest BCUT2D eigenvalue weighted by Crippen LogP contribution is -2.05. The molecule has 2 aromatic rings. The van der Waals surface area contributed by atoms with Crippen molar-refractivity contribution in [3.63, 3.8) is 0 Å². The molecule has 1 aromatic carbocycles. The van der Waals surface area contributed by atoms with Crippen molar-refractivity contribution < 1.29 is 8.78 Å². The van der Waals surface area contributed by atoms with E-state index in [1.54, 1.807) is 12.1 Å². The summed E-state index contributed by atoms with van der Waals surface area (Å²) in [5.41, 5.74) is 1.66. The Morgan fingerprint density at radius 2 is 1.89 bits per heavy atom. The minimum atomic E-state index is -0.578. The van der Waals surface area contributed by atoms with Crippen LogP contribution >= 0.6 is 0 Å². The van der Waals surface area contributed by atoms with E-state index in [9.17, 15) is 8.78 Å². The summed E-state index contributed by atoms with van der Waals surface area (Å²) in [7, 11) is 0. The van der Waals surface area contributed by atoms with Gasteiger partial charge in [-0.25, -0.2) is 13.8 Å². The number of anilines is 1. The summed E-state index contributed by atoms with van der Waals surface area (Å²) in [5, 5.41) is 11.8. The summed E-state index contributed by atoms with van der Waals surface area (Å²) in [5.74, 6) is -1.16. The maximum Gasteiger partial charge on any atom is 0.142 e. The molecule has 2 rings (SSSR count). The Balaban J connectivity index is 1.94. The Morgan fingerprint density at radius 3 is 2.58 bits per heavy atom. The number of halogens is 2. The van der Waals surface area contributed by atoms with Gasteiger partial charge in [-0.2, -0.15) is 5.26 Å². The second-order valence-corrected chi connectivity index (χ2v) is 4.00. The molecule has 0 fully saturated rings. The third kappa shape index (κ3) is 3.75. The van der Waals surface area contributed by atoms with Gasteiger partial charge in [0.1, 0.15) is 23.4 Å². The predicted molar refractivity (Wildman–Crippen MR) is 67.5 cm³/mol. The quantitative estimate of drug-likeness (QED) is 0.918. The second-order valence-electron chi connectivity index (χ2n) is 4.00. The SMILES string of the molecule is N#Cc1cc(NCCc2cc(F)cc(F)c2)ccn1. The zero-order valence-corrected chi connectivity index (χ0v) is 10.0. The van der Waals surface area contributed by atoms with Crippen molar-refractivity contribution in [2.75, 3.05) is 11.9 Å². The van der Waals surface area contributed by atoms with Crippen LogP contribution in [-0.4, -0.2) is 11.5 Å². The van der Waals surface area contributed by atoms with E-state index < -0.39 is 11.6 Å². The molecule has 19 heavy (non-hydrogen) atoms. The molecule has 0 aliphatic heterocycles. The highest BCUT2D eigenvalue weighted by atomic mass is 19.1. The van der Waals surface area contributed by atoms with Gasteiger partial charge in [0.05, 0.1) is 0 Å². The molecule has 0 unspecified atom stereocenters. The van der Waals surface area contributed by atoms with Crippen molar-refractivity contribution in [3.8, 4) is 6.07 Å². The molecule has 0 spiro atoms. The summed E-state index contributed by atoms with van der Waals surface area (Å²) in [4.78, 5) is 3.85. The fraction of sp³-hybridized carbons (Fsp3) is 0.143. The average molecular weight is 259 g/mol.